The lowest BCUT2D eigenvalue weighted by molar-refractivity contribution is 0.0819. The molecule has 1 aromatic rings. The van der Waals surface area contributed by atoms with Gasteiger partial charge in [0.25, 0.3) is 0 Å². The Morgan fingerprint density at radius 2 is 1.76 bits per heavy atom. The largest absolute Gasteiger partial charge is 0.294 e. The van der Waals surface area contributed by atoms with Crippen molar-refractivity contribution in [3.8, 4) is 0 Å². The summed E-state index contributed by atoms with van der Waals surface area (Å²) in [5, 5.41) is 0.237. The van der Waals surface area contributed by atoms with Gasteiger partial charge in [-0.05, 0) is 61.6 Å². The second-order valence-corrected chi connectivity index (χ2v) is 7.77. The number of carbonyl (C=O) groups excluding carboxylic acids is 1. The van der Waals surface area contributed by atoms with Crippen molar-refractivity contribution in [2.75, 3.05) is 0 Å². The Morgan fingerprint density at radius 3 is 2.29 bits per heavy atom. The molecule has 1 aromatic carbocycles. The summed E-state index contributed by atoms with van der Waals surface area (Å²) < 4.78 is 13.5. The molecule has 0 aliphatic heterocycles. The highest BCUT2D eigenvalue weighted by Gasteiger charge is 2.33. The maximum atomic E-state index is 13.5. The molecule has 0 N–H and O–H groups in total. The fourth-order valence-corrected chi connectivity index (χ4v) is 3.53. The zero-order valence-corrected chi connectivity index (χ0v) is 14.1. The lowest BCUT2D eigenvalue weighted by Crippen LogP contribution is -2.29. The fourth-order valence-electron chi connectivity index (χ4n) is 3.29. The van der Waals surface area contributed by atoms with Gasteiger partial charge < -0.3 is 0 Å². The first-order valence-electron chi connectivity index (χ1n) is 7.70. The maximum Gasteiger partial charge on any atom is 0.167 e. The molecule has 0 atom stereocenters. The van der Waals surface area contributed by atoms with Gasteiger partial charge in [0, 0.05) is 11.5 Å². The van der Waals surface area contributed by atoms with E-state index >= 15 is 0 Å². The zero-order valence-electron chi connectivity index (χ0n) is 13.3. The van der Waals surface area contributed by atoms with Crippen LogP contribution in [0.2, 0.25) is 5.02 Å². The molecule has 1 aliphatic carbocycles. The summed E-state index contributed by atoms with van der Waals surface area (Å²) in [5.41, 5.74) is 1.26. The number of benzene rings is 1. The monoisotopic (exact) mass is 310 g/mol. The molecule has 116 valence electrons. The van der Waals surface area contributed by atoms with Gasteiger partial charge in [0.05, 0.1) is 5.02 Å². The number of hydrogen-bond donors (Lipinski definition) is 0. The number of Topliss-reactive ketones (excluding diaryl/α,β-unsaturated/α-hetero) is 1. The number of aryl methyl sites for hydroxylation is 1. The Labute approximate surface area is 131 Å². The normalized spacial score (nSPS) is 23.1. The van der Waals surface area contributed by atoms with Crippen LogP contribution in [-0.4, -0.2) is 5.78 Å². The summed E-state index contributed by atoms with van der Waals surface area (Å²) in [6.07, 6.45) is 3.98. The molecule has 0 saturated heterocycles. The number of carbonyl (C=O) groups is 1. The molecule has 0 heterocycles. The van der Waals surface area contributed by atoms with Gasteiger partial charge in [-0.3, -0.25) is 4.79 Å². The molecule has 0 aromatic heterocycles. The average molecular weight is 311 g/mol. The van der Waals surface area contributed by atoms with Crippen molar-refractivity contribution in [3.63, 3.8) is 0 Å². The Kier molecular flexibility index (Phi) is 4.77. The Hall–Kier alpha value is -0.890. The van der Waals surface area contributed by atoms with Crippen LogP contribution < -0.4 is 0 Å². The van der Waals surface area contributed by atoms with E-state index in [9.17, 15) is 9.18 Å². The Morgan fingerprint density at radius 1 is 1.19 bits per heavy atom. The predicted molar refractivity (Wildman–Crippen MR) is 85.4 cm³/mol. The number of ketones is 1. The van der Waals surface area contributed by atoms with Crippen molar-refractivity contribution in [1.82, 2.24) is 0 Å². The molecule has 2 rings (SSSR count). The van der Waals surface area contributed by atoms with E-state index in [1.807, 2.05) is 0 Å². The first-order valence-corrected chi connectivity index (χ1v) is 8.08. The molecule has 1 aliphatic rings. The van der Waals surface area contributed by atoms with Crippen LogP contribution in [-0.2, 0) is 0 Å². The second kappa shape index (κ2) is 6.08. The summed E-state index contributed by atoms with van der Waals surface area (Å²) in [7, 11) is 0. The van der Waals surface area contributed by atoms with Crippen molar-refractivity contribution in [2.45, 2.75) is 53.4 Å². The van der Waals surface area contributed by atoms with Gasteiger partial charge in [-0.15, -0.1) is 0 Å². The quantitative estimate of drug-likeness (QED) is 0.629. The van der Waals surface area contributed by atoms with Gasteiger partial charge in [-0.1, -0.05) is 32.4 Å². The second-order valence-electron chi connectivity index (χ2n) is 7.36. The maximum absolute atomic E-state index is 13.5. The van der Waals surface area contributed by atoms with Crippen molar-refractivity contribution >= 4 is 17.4 Å². The molecule has 1 fully saturated rings. The molecule has 0 unspecified atom stereocenters. The van der Waals surface area contributed by atoms with E-state index in [0.29, 0.717) is 22.5 Å². The Bertz CT molecular complexity index is 537. The zero-order chi connectivity index (χ0) is 15.8. The van der Waals surface area contributed by atoms with E-state index in [4.69, 9.17) is 11.6 Å². The first kappa shape index (κ1) is 16.5. The van der Waals surface area contributed by atoms with Crippen LogP contribution in [0.4, 0.5) is 4.39 Å². The van der Waals surface area contributed by atoms with Crippen LogP contribution >= 0.6 is 11.6 Å². The summed E-state index contributed by atoms with van der Waals surface area (Å²) >= 11 is 6.06. The average Bonchev–Trinajstić information content (AvgIpc) is 2.41. The fraction of sp³-hybridized carbons (Fsp3) is 0.611. The summed E-state index contributed by atoms with van der Waals surface area (Å²) in [4.78, 5) is 12.6. The van der Waals surface area contributed by atoms with Crippen LogP contribution in [0, 0.1) is 30.0 Å². The molecule has 0 bridgehead atoms. The van der Waals surface area contributed by atoms with E-state index in [1.54, 1.807) is 13.0 Å². The van der Waals surface area contributed by atoms with Gasteiger partial charge >= 0.3 is 0 Å². The third kappa shape index (κ3) is 3.66. The lowest BCUT2D eigenvalue weighted by Gasteiger charge is -2.36. The molecular weight excluding hydrogens is 287 g/mol. The van der Waals surface area contributed by atoms with E-state index in [0.717, 1.165) is 25.7 Å². The van der Waals surface area contributed by atoms with E-state index in [2.05, 4.69) is 20.8 Å². The van der Waals surface area contributed by atoms with Gasteiger partial charge in [0.1, 0.15) is 5.82 Å². The molecule has 1 nitrogen and oxygen atoms in total. The van der Waals surface area contributed by atoms with Gasteiger partial charge in [0.2, 0.25) is 0 Å². The summed E-state index contributed by atoms with van der Waals surface area (Å²) in [5.74, 6) is 0.432. The first-order chi connectivity index (χ1) is 9.70. The third-order valence-corrected chi connectivity index (χ3v) is 5.15. The van der Waals surface area contributed by atoms with Gasteiger partial charge in [-0.25, -0.2) is 4.39 Å². The molecular formula is C18H24ClFO. The van der Waals surface area contributed by atoms with Crippen molar-refractivity contribution < 1.29 is 9.18 Å². The highest BCUT2D eigenvalue weighted by molar-refractivity contribution is 6.34. The minimum atomic E-state index is -0.354. The highest BCUT2D eigenvalue weighted by atomic mass is 35.5. The van der Waals surface area contributed by atoms with E-state index in [1.165, 1.54) is 6.07 Å². The molecule has 21 heavy (non-hydrogen) atoms. The van der Waals surface area contributed by atoms with Crippen LogP contribution in [0.1, 0.15) is 62.4 Å². The lowest BCUT2D eigenvalue weighted by atomic mass is 9.68. The number of halogens is 2. The van der Waals surface area contributed by atoms with Crippen molar-refractivity contribution in [1.29, 1.82) is 0 Å². The van der Waals surface area contributed by atoms with Crippen LogP contribution in [0.5, 0.6) is 0 Å². The third-order valence-electron chi connectivity index (χ3n) is 4.84. The molecule has 3 heteroatoms. The highest BCUT2D eigenvalue weighted by Crippen LogP contribution is 2.41. The van der Waals surface area contributed by atoms with Crippen LogP contribution in [0.15, 0.2) is 12.1 Å². The van der Waals surface area contributed by atoms with Gasteiger partial charge in [-0.2, -0.15) is 0 Å². The van der Waals surface area contributed by atoms with E-state index in [-0.39, 0.29) is 22.5 Å². The minimum Gasteiger partial charge on any atom is -0.294 e. The number of rotatable bonds is 2. The Balaban J connectivity index is 2.11. The van der Waals surface area contributed by atoms with Gasteiger partial charge in [0.15, 0.2) is 5.78 Å². The van der Waals surface area contributed by atoms with E-state index < -0.39 is 0 Å². The predicted octanol–water partition coefficient (Wildman–Crippen LogP) is 5.82. The minimum absolute atomic E-state index is 0.0333. The van der Waals surface area contributed by atoms with Crippen LogP contribution in [0.25, 0.3) is 0 Å². The number of hydrogen-bond acceptors (Lipinski definition) is 1. The molecule has 1 saturated carbocycles. The van der Waals surface area contributed by atoms with Crippen molar-refractivity contribution in [2.24, 2.45) is 17.3 Å². The smallest absolute Gasteiger partial charge is 0.167 e. The summed E-state index contributed by atoms with van der Waals surface area (Å²) in [6.45, 7) is 8.46. The van der Waals surface area contributed by atoms with Crippen molar-refractivity contribution in [3.05, 3.63) is 34.1 Å². The van der Waals surface area contributed by atoms with Crippen LogP contribution in [0.3, 0.4) is 0 Å². The molecule has 0 radical (unpaired) electrons. The standard InChI is InChI=1S/C18H24ClFO/c1-11-9-14(15(19)10-16(11)20)17(21)12-5-7-13(8-6-12)18(2,3)4/h9-10,12-13H,5-8H2,1-4H3. The molecule has 0 spiro atoms. The summed E-state index contributed by atoms with van der Waals surface area (Å²) in [6, 6.07) is 2.85. The topological polar surface area (TPSA) is 17.1 Å². The SMILES string of the molecule is Cc1cc(C(=O)C2CCC(C(C)(C)C)CC2)c(Cl)cc1F. The molecule has 0 amide bonds.